The summed E-state index contributed by atoms with van der Waals surface area (Å²) in [6.45, 7) is -0.0268. The van der Waals surface area contributed by atoms with Crippen LogP contribution < -0.4 is 19.5 Å². The predicted octanol–water partition coefficient (Wildman–Crippen LogP) is 6.33. The van der Waals surface area contributed by atoms with Crippen molar-refractivity contribution in [1.82, 2.24) is 5.32 Å². The monoisotopic (exact) mass is 596 g/mol. The first-order chi connectivity index (χ1) is 19.5. The largest absolute Gasteiger partial charge is 0.493 e. The number of benzene rings is 4. The van der Waals surface area contributed by atoms with E-state index in [4.69, 9.17) is 14.2 Å². The maximum Gasteiger partial charge on any atom is 0.349 e. The number of rotatable bonds is 10. The topological polar surface area (TPSA) is 97.6 Å². The van der Waals surface area contributed by atoms with E-state index in [0.29, 0.717) is 22.3 Å². The summed E-state index contributed by atoms with van der Waals surface area (Å²) in [6, 6.07) is 31.6. The number of carbonyl (C=O) groups is 2. The highest BCUT2D eigenvalue weighted by molar-refractivity contribution is 9.10. The van der Waals surface area contributed by atoms with Crippen LogP contribution in [0, 0.1) is 11.3 Å². The molecule has 0 saturated carbocycles. The summed E-state index contributed by atoms with van der Waals surface area (Å²) >= 11 is 3.50. The molecule has 4 rings (SSSR count). The minimum atomic E-state index is -0.626. The second-order valence-corrected chi connectivity index (χ2v) is 9.38. The summed E-state index contributed by atoms with van der Waals surface area (Å²) in [5.41, 5.74) is 3.45. The summed E-state index contributed by atoms with van der Waals surface area (Å²) in [6.07, 6.45) is 1.44. The smallest absolute Gasteiger partial charge is 0.349 e. The van der Waals surface area contributed by atoms with Crippen molar-refractivity contribution in [3.63, 3.8) is 0 Å². The van der Waals surface area contributed by atoms with Crippen LogP contribution in [0.5, 0.6) is 17.2 Å². The molecule has 7 nitrogen and oxygen atoms in total. The zero-order chi connectivity index (χ0) is 28.3. The molecule has 0 heterocycles. The van der Waals surface area contributed by atoms with Gasteiger partial charge >= 0.3 is 5.97 Å². The molecule has 1 amide bonds. The van der Waals surface area contributed by atoms with Gasteiger partial charge in [-0.25, -0.2) is 4.79 Å². The first kappa shape index (κ1) is 28.1. The molecule has 0 spiro atoms. The van der Waals surface area contributed by atoms with Gasteiger partial charge in [-0.3, -0.25) is 4.79 Å². The molecule has 0 saturated heterocycles. The standard InChI is InChI=1S/C32H25BrN2O5/c1-38-30-17-23(16-26(19-34)32(37)35-20-22-8-4-2-5-9-22)12-14-29(30)40-31(36)21-39-28-15-13-25(18-27(28)33)24-10-6-3-7-11-24/h2-18H,20-21H2,1H3,(H,35,37)/b26-16+. The highest BCUT2D eigenvalue weighted by Crippen LogP contribution is 2.32. The van der Waals surface area contributed by atoms with E-state index in [-0.39, 0.29) is 23.7 Å². The van der Waals surface area contributed by atoms with E-state index in [1.54, 1.807) is 18.2 Å². The molecule has 4 aromatic carbocycles. The van der Waals surface area contributed by atoms with Gasteiger partial charge in [-0.05, 0) is 68.5 Å². The van der Waals surface area contributed by atoms with Crippen LogP contribution >= 0.6 is 15.9 Å². The molecule has 0 atom stereocenters. The summed E-state index contributed by atoms with van der Waals surface area (Å²) in [7, 11) is 1.43. The zero-order valence-electron chi connectivity index (χ0n) is 21.6. The Morgan fingerprint density at radius 1 is 0.875 bits per heavy atom. The molecule has 0 fully saturated rings. The Balaban J connectivity index is 1.37. The molecule has 4 aromatic rings. The minimum Gasteiger partial charge on any atom is -0.493 e. The number of carbonyl (C=O) groups excluding carboxylic acids is 2. The van der Waals surface area contributed by atoms with E-state index in [1.807, 2.05) is 78.9 Å². The normalized spacial score (nSPS) is 10.8. The summed E-state index contributed by atoms with van der Waals surface area (Å²) in [5, 5.41) is 12.2. The first-order valence-corrected chi connectivity index (χ1v) is 13.1. The number of halogens is 1. The van der Waals surface area contributed by atoms with E-state index >= 15 is 0 Å². The van der Waals surface area contributed by atoms with Crippen molar-refractivity contribution in [3.8, 4) is 34.4 Å². The van der Waals surface area contributed by atoms with Gasteiger partial charge in [0, 0.05) is 6.54 Å². The van der Waals surface area contributed by atoms with Crippen LogP contribution in [0.3, 0.4) is 0 Å². The van der Waals surface area contributed by atoms with Gasteiger partial charge in [-0.1, -0.05) is 72.8 Å². The summed E-state index contributed by atoms with van der Waals surface area (Å²) < 4.78 is 17.2. The van der Waals surface area contributed by atoms with Gasteiger partial charge in [0.25, 0.3) is 5.91 Å². The number of hydrogen-bond donors (Lipinski definition) is 1. The Labute approximate surface area is 240 Å². The fraction of sp³-hybridized carbons (Fsp3) is 0.0938. The predicted molar refractivity (Wildman–Crippen MR) is 156 cm³/mol. The Kier molecular flexibility index (Phi) is 9.70. The molecular weight excluding hydrogens is 572 g/mol. The summed E-state index contributed by atoms with van der Waals surface area (Å²) in [5.74, 6) is -0.186. The molecule has 0 aliphatic rings. The van der Waals surface area contributed by atoms with Crippen LogP contribution in [0.1, 0.15) is 11.1 Å². The highest BCUT2D eigenvalue weighted by Gasteiger charge is 2.14. The average molecular weight is 597 g/mol. The van der Waals surface area contributed by atoms with E-state index in [2.05, 4.69) is 21.2 Å². The van der Waals surface area contributed by atoms with Crippen molar-refractivity contribution < 1.29 is 23.8 Å². The van der Waals surface area contributed by atoms with Crippen LogP contribution in [-0.2, 0) is 16.1 Å². The van der Waals surface area contributed by atoms with Gasteiger partial charge in [-0.15, -0.1) is 0 Å². The van der Waals surface area contributed by atoms with E-state index in [1.165, 1.54) is 19.3 Å². The van der Waals surface area contributed by atoms with Gasteiger partial charge < -0.3 is 19.5 Å². The van der Waals surface area contributed by atoms with Crippen molar-refractivity contribution >= 4 is 33.9 Å². The van der Waals surface area contributed by atoms with Crippen molar-refractivity contribution in [2.45, 2.75) is 6.54 Å². The average Bonchev–Trinajstić information content (AvgIpc) is 2.99. The number of amides is 1. The van der Waals surface area contributed by atoms with Crippen LogP contribution in [0.25, 0.3) is 17.2 Å². The maximum absolute atomic E-state index is 12.5. The molecule has 40 heavy (non-hydrogen) atoms. The van der Waals surface area contributed by atoms with Gasteiger partial charge in [-0.2, -0.15) is 5.26 Å². The van der Waals surface area contributed by atoms with E-state index in [9.17, 15) is 14.9 Å². The Hall–Kier alpha value is -4.87. The molecule has 0 bridgehead atoms. The lowest BCUT2D eigenvalue weighted by Gasteiger charge is -2.12. The Bertz CT molecular complexity index is 1560. The second-order valence-electron chi connectivity index (χ2n) is 8.52. The fourth-order valence-electron chi connectivity index (χ4n) is 3.76. The number of esters is 1. The zero-order valence-corrected chi connectivity index (χ0v) is 23.2. The number of methoxy groups -OCH3 is 1. The first-order valence-electron chi connectivity index (χ1n) is 12.3. The third-order valence-corrected chi connectivity index (χ3v) is 6.39. The second kappa shape index (κ2) is 13.8. The van der Waals surface area contributed by atoms with Crippen LogP contribution in [0.15, 0.2) is 107 Å². The van der Waals surface area contributed by atoms with Crippen molar-refractivity contribution in [1.29, 1.82) is 5.26 Å². The lowest BCUT2D eigenvalue weighted by Crippen LogP contribution is -2.23. The Morgan fingerprint density at radius 3 is 2.25 bits per heavy atom. The van der Waals surface area contributed by atoms with E-state index in [0.717, 1.165) is 16.7 Å². The van der Waals surface area contributed by atoms with Gasteiger partial charge in [0.2, 0.25) is 0 Å². The molecule has 0 aromatic heterocycles. The number of ether oxygens (including phenoxy) is 3. The van der Waals surface area contributed by atoms with Crippen molar-refractivity contribution in [2.24, 2.45) is 0 Å². The number of nitriles is 1. The molecular formula is C32H25BrN2O5. The maximum atomic E-state index is 12.5. The van der Waals surface area contributed by atoms with Crippen molar-refractivity contribution in [3.05, 3.63) is 118 Å². The summed E-state index contributed by atoms with van der Waals surface area (Å²) in [4.78, 5) is 25.0. The third-order valence-electron chi connectivity index (χ3n) is 5.77. The number of hydrogen-bond acceptors (Lipinski definition) is 6. The molecule has 200 valence electrons. The molecule has 0 aliphatic heterocycles. The molecule has 1 N–H and O–H groups in total. The van der Waals surface area contributed by atoms with Crippen LogP contribution in [0.4, 0.5) is 0 Å². The molecule has 0 aliphatic carbocycles. The highest BCUT2D eigenvalue weighted by atomic mass is 79.9. The number of nitrogens with one attached hydrogen (secondary N) is 1. The third kappa shape index (κ3) is 7.59. The van der Waals surface area contributed by atoms with Gasteiger partial charge in [0.1, 0.15) is 17.4 Å². The fourth-order valence-corrected chi connectivity index (χ4v) is 4.26. The SMILES string of the molecule is COc1cc(/C=C(\C#N)C(=O)NCc2ccccc2)ccc1OC(=O)COc1ccc(-c2ccccc2)cc1Br. The number of nitrogens with zero attached hydrogens (tertiary/aromatic N) is 1. The lowest BCUT2D eigenvalue weighted by atomic mass is 10.1. The molecule has 8 heteroatoms. The van der Waals surface area contributed by atoms with Crippen LogP contribution in [-0.4, -0.2) is 25.6 Å². The molecule has 0 radical (unpaired) electrons. The Morgan fingerprint density at radius 2 is 1.57 bits per heavy atom. The molecule has 0 unspecified atom stereocenters. The van der Waals surface area contributed by atoms with Gasteiger partial charge in [0.15, 0.2) is 18.1 Å². The van der Waals surface area contributed by atoms with Gasteiger partial charge in [0.05, 0.1) is 11.6 Å². The minimum absolute atomic E-state index is 0.0695. The quantitative estimate of drug-likeness (QED) is 0.0993. The van der Waals surface area contributed by atoms with E-state index < -0.39 is 11.9 Å². The lowest BCUT2D eigenvalue weighted by molar-refractivity contribution is -0.136. The van der Waals surface area contributed by atoms with Crippen molar-refractivity contribution in [2.75, 3.05) is 13.7 Å². The van der Waals surface area contributed by atoms with Crippen LogP contribution in [0.2, 0.25) is 0 Å².